The normalized spacial score (nSPS) is 9.64. The second-order valence-electron chi connectivity index (χ2n) is 1.95. The molecule has 0 aliphatic heterocycles. The average Bonchev–Trinajstić information content (AvgIpc) is 1.87. The summed E-state index contributed by atoms with van der Waals surface area (Å²) in [5, 5.41) is 3.00. The van der Waals surface area contributed by atoms with E-state index in [1.165, 1.54) is 0 Å². The third kappa shape index (κ3) is 13.8. The second kappa shape index (κ2) is 10.9. The van der Waals surface area contributed by atoms with Crippen molar-refractivity contribution in [3.05, 3.63) is 0 Å². The summed E-state index contributed by atoms with van der Waals surface area (Å²) in [5.41, 5.74) is 5.19. The first kappa shape index (κ1) is 14.4. The van der Waals surface area contributed by atoms with Crippen molar-refractivity contribution in [3.63, 3.8) is 0 Å². The molecule has 0 rings (SSSR count). The van der Waals surface area contributed by atoms with Crippen LogP contribution in [0.25, 0.3) is 0 Å². The fourth-order valence-electron chi connectivity index (χ4n) is 0.560. The Morgan fingerprint density at radius 2 is 1.91 bits per heavy atom. The van der Waals surface area contributed by atoms with Crippen LogP contribution in [0.1, 0.15) is 6.42 Å². The fraction of sp³-hybridized carbons (Fsp3) is 1.00. The van der Waals surface area contributed by atoms with E-state index in [-0.39, 0.29) is 35.3 Å². The van der Waals surface area contributed by atoms with Gasteiger partial charge < -0.3 is 11.1 Å². The summed E-state index contributed by atoms with van der Waals surface area (Å²) in [6.07, 6.45) is 0.679. The summed E-state index contributed by atoms with van der Waals surface area (Å²) in [6, 6.07) is 0. The van der Waals surface area contributed by atoms with Gasteiger partial charge in [0.15, 0.2) is 0 Å². The Morgan fingerprint density at radius 3 is 2.36 bits per heavy atom. The van der Waals surface area contributed by atoms with Crippen LogP contribution in [0.4, 0.5) is 0 Å². The second-order valence-corrected chi connectivity index (χ2v) is 3.06. The van der Waals surface area contributed by atoms with Gasteiger partial charge in [0.2, 0.25) is 0 Å². The van der Waals surface area contributed by atoms with Gasteiger partial charge in [0.25, 0.3) is 0 Å². The van der Waals surface area contributed by atoms with Gasteiger partial charge >= 0.3 is 29.6 Å². The third-order valence-corrected chi connectivity index (χ3v) is 1.70. The SMILES string of the molecule is NCCNCCC[SH](=O)=O.[NaH]. The fourth-order valence-corrected chi connectivity index (χ4v) is 0.977. The minimum atomic E-state index is -2.19. The van der Waals surface area contributed by atoms with Crippen LogP contribution in [0.3, 0.4) is 0 Å². The van der Waals surface area contributed by atoms with Crippen LogP contribution in [0.15, 0.2) is 0 Å². The molecule has 0 radical (unpaired) electrons. The number of thiol groups is 1. The molecule has 0 aromatic rings. The van der Waals surface area contributed by atoms with E-state index in [4.69, 9.17) is 5.73 Å². The molecule has 0 bridgehead atoms. The Morgan fingerprint density at radius 1 is 1.27 bits per heavy atom. The van der Waals surface area contributed by atoms with Gasteiger partial charge in [0.05, 0.1) is 0 Å². The van der Waals surface area contributed by atoms with Crippen LogP contribution in [0.2, 0.25) is 0 Å². The van der Waals surface area contributed by atoms with E-state index in [0.29, 0.717) is 13.0 Å². The molecule has 0 fully saturated rings. The maximum atomic E-state index is 10.0. The van der Waals surface area contributed by atoms with Gasteiger partial charge in [0, 0.05) is 18.8 Å². The zero-order valence-corrected chi connectivity index (χ0v) is 6.77. The van der Waals surface area contributed by atoms with Crippen molar-refractivity contribution in [1.82, 2.24) is 5.32 Å². The Balaban J connectivity index is 0. The van der Waals surface area contributed by atoms with E-state index >= 15 is 0 Å². The quantitative estimate of drug-likeness (QED) is 0.254. The molecule has 0 heterocycles. The van der Waals surface area contributed by atoms with E-state index in [1.54, 1.807) is 0 Å². The summed E-state index contributed by atoms with van der Waals surface area (Å²) < 4.78 is 20.0. The molecule has 0 aliphatic carbocycles. The Kier molecular flexibility index (Phi) is 14.2. The number of nitrogens with one attached hydrogen (secondary N) is 1. The standard InChI is InChI=1S/C5H14N2O2S.Na.H/c6-2-4-7-3-1-5-10(8)9;;/h7,10H,1-6H2;;. The van der Waals surface area contributed by atoms with Gasteiger partial charge in [-0.15, -0.1) is 0 Å². The van der Waals surface area contributed by atoms with Gasteiger partial charge in [-0.05, 0) is 13.0 Å². The number of rotatable bonds is 6. The zero-order valence-electron chi connectivity index (χ0n) is 5.88. The molecule has 11 heavy (non-hydrogen) atoms. The van der Waals surface area contributed by atoms with Gasteiger partial charge in [-0.3, -0.25) is 0 Å². The minimum absolute atomic E-state index is 0. The molecule has 0 aliphatic rings. The average molecular weight is 190 g/mol. The summed E-state index contributed by atoms with van der Waals surface area (Å²) in [7, 11) is -2.19. The van der Waals surface area contributed by atoms with E-state index in [0.717, 1.165) is 13.1 Å². The Bertz CT molecular complexity index is 132. The third-order valence-electron chi connectivity index (χ3n) is 1.02. The van der Waals surface area contributed by atoms with Crippen LogP contribution in [0.5, 0.6) is 0 Å². The summed E-state index contributed by atoms with van der Waals surface area (Å²) in [5.74, 6) is 0.271. The number of hydrogen-bond donors (Lipinski definition) is 3. The van der Waals surface area contributed by atoms with Crippen LogP contribution in [-0.4, -0.2) is 63.4 Å². The van der Waals surface area contributed by atoms with Gasteiger partial charge in [-0.1, -0.05) is 0 Å². The predicted molar refractivity (Wildman–Crippen MR) is 48.9 cm³/mol. The maximum absolute atomic E-state index is 10.0. The van der Waals surface area contributed by atoms with Crippen molar-refractivity contribution in [2.24, 2.45) is 5.73 Å². The van der Waals surface area contributed by atoms with Crippen molar-refractivity contribution >= 4 is 40.3 Å². The molecule has 0 aromatic heterocycles. The summed E-state index contributed by atoms with van der Waals surface area (Å²) in [6.45, 7) is 2.10. The Hall–Kier alpha value is 0.870. The first-order chi connectivity index (χ1) is 4.77. The van der Waals surface area contributed by atoms with Crippen molar-refractivity contribution in [2.45, 2.75) is 6.42 Å². The monoisotopic (exact) mass is 190 g/mol. The molecule has 0 amide bonds. The first-order valence-corrected chi connectivity index (χ1v) is 4.66. The molecule has 3 N–H and O–H groups in total. The summed E-state index contributed by atoms with van der Waals surface area (Å²) in [4.78, 5) is 0. The van der Waals surface area contributed by atoms with E-state index < -0.39 is 10.7 Å². The van der Waals surface area contributed by atoms with Crippen LogP contribution < -0.4 is 11.1 Å². The van der Waals surface area contributed by atoms with E-state index in [9.17, 15) is 8.42 Å². The van der Waals surface area contributed by atoms with Gasteiger partial charge in [0.1, 0.15) is 10.7 Å². The van der Waals surface area contributed by atoms with Crippen LogP contribution >= 0.6 is 0 Å². The number of nitrogens with two attached hydrogens (primary N) is 1. The van der Waals surface area contributed by atoms with Crippen LogP contribution in [0, 0.1) is 0 Å². The molecule has 64 valence electrons. The first-order valence-electron chi connectivity index (χ1n) is 3.30. The molecule has 0 spiro atoms. The molecule has 0 saturated carbocycles. The topological polar surface area (TPSA) is 72.2 Å². The molecule has 6 heteroatoms. The molecule has 0 saturated heterocycles. The molecule has 0 atom stereocenters. The van der Waals surface area contributed by atoms with Crippen molar-refractivity contribution in [3.8, 4) is 0 Å². The molecule has 4 nitrogen and oxygen atoms in total. The Labute approximate surface area is 91.2 Å². The van der Waals surface area contributed by atoms with Crippen LogP contribution in [-0.2, 0) is 10.7 Å². The predicted octanol–water partition coefficient (Wildman–Crippen LogP) is -2.11. The van der Waals surface area contributed by atoms with E-state index in [2.05, 4.69) is 5.32 Å². The molecular weight excluding hydrogens is 175 g/mol. The van der Waals surface area contributed by atoms with Gasteiger partial charge in [-0.25, -0.2) is 8.42 Å². The van der Waals surface area contributed by atoms with Crippen molar-refractivity contribution in [2.75, 3.05) is 25.4 Å². The van der Waals surface area contributed by atoms with E-state index in [1.807, 2.05) is 0 Å². The van der Waals surface area contributed by atoms with Crippen molar-refractivity contribution < 1.29 is 8.42 Å². The number of hydrogen-bond acceptors (Lipinski definition) is 4. The molecule has 0 unspecified atom stereocenters. The molecular formula is C5H15N2NaO2S. The van der Waals surface area contributed by atoms with Crippen molar-refractivity contribution in [1.29, 1.82) is 0 Å². The zero-order chi connectivity index (χ0) is 7.82. The molecule has 0 aromatic carbocycles. The van der Waals surface area contributed by atoms with Gasteiger partial charge in [-0.2, -0.15) is 0 Å². The summed E-state index contributed by atoms with van der Waals surface area (Å²) >= 11 is 0.